The highest BCUT2D eigenvalue weighted by Gasteiger charge is 2.30. The number of hydrogen-bond donors (Lipinski definition) is 2. The van der Waals surface area contributed by atoms with Crippen molar-refractivity contribution >= 4 is 5.97 Å². The summed E-state index contributed by atoms with van der Waals surface area (Å²) in [5.74, 6) is 0.139. The minimum Gasteiger partial charge on any atom is -0.481 e. The molecular weight excluding hydrogens is 230 g/mol. The molecule has 2 N–H and O–H groups in total. The second-order valence-corrected chi connectivity index (χ2v) is 4.79. The number of carbonyl (C=O) groups is 1. The first-order chi connectivity index (χ1) is 8.77. The van der Waals surface area contributed by atoms with E-state index in [0.717, 1.165) is 38.1 Å². The molecule has 2 atom stereocenters. The summed E-state index contributed by atoms with van der Waals surface area (Å²) in [7, 11) is 0. The van der Waals surface area contributed by atoms with Gasteiger partial charge < -0.3 is 10.4 Å². The lowest BCUT2D eigenvalue weighted by atomic mass is 9.79. The lowest BCUT2D eigenvalue weighted by Gasteiger charge is -2.28. The number of nitrogens with zero attached hydrogens (tertiary/aromatic N) is 2. The Hall–Kier alpha value is -1.49. The molecule has 1 fully saturated rings. The first-order valence-electron chi connectivity index (χ1n) is 6.47. The van der Waals surface area contributed by atoms with Crippen LogP contribution in [-0.4, -0.2) is 27.6 Å². The summed E-state index contributed by atoms with van der Waals surface area (Å²) in [6, 6.07) is 1.78. The number of hydrogen-bond acceptors (Lipinski definition) is 4. The van der Waals surface area contributed by atoms with Gasteiger partial charge in [0.25, 0.3) is 0 Å². The van der Waals surface area contributed by atoms with Crippen molar-refractivity contribution in [1.82, 2.24) is 15.3 Å². The smallest absolute Gasteiger partial charge is 0.306 e. The van der Waals surface area contributed by atoms with E-state index in [1.807, 2.05) is 0 Å². The zero-order valence-electron chi connectivity index (χ0n) is 10.4. The predicted molar refractivity (Wildman–Crippen MR) is 66.8 cm³/mol. The maximum atomic E-state index is 11.1. The van der Waals surface area contributed by atoms with E-state index in [1.54, 1.807) is 18.5 Å². The summed E-state index contributed by atoms with van der Waals surface area (Å²) < 4.78 is 0. The topological polar surface area (TPSA) is 75.1 Å². The van der Waals surface area contributed by atoms with Gasteiger partial charge in [-0.2, -0.15) is 0 Å². The summed E-state index contributed by atoms with van der Waals surface area (Å²) in [4.78, 5) is 19.4. The van der Waals surface area contributed by atoms with Crippen molar-refractivity contribution in [3.63, 3.8) is 0 Å². The molecule has 1 aliphatic rings. The van der Waals surface area contributed by atoms with Crippen LogP contribution >= 0.6 is 0 Å². The third-order valence-corrected chi connectivity index (χ3v) is 3.54. The first-order valence-corrected chi connectivity index (χ1v) is 6.47. The summed E-state index contributed by atoms with van der Waals surface area (Å²) in [6.45, 7) is 1.33. The van der Waals surface area contributed by atoms with Crippen LogP contribution < -0.4 is 5.32 Å². The minimum atomic E-state index is -0.655. The Morgan fingerprint density at radius 2 is 2.06 bits per heavy atom. The van der Waals surface area contributed by atoms with Gasteiger partial charge in [0, 0.05) is 12.4 Å². The number of aromatic nitrogens is 2. The highest BCUT2D eigenvalue weighted by atomic mass is 16.4. The van der Waals surface area contributed by atoms with Gasteiger partial charge in [-0.15, -0.1) is 0 Å². The Bertz CT molecular complexity index is 383. The van der Waals surface area contributed by atoms with Crippen LogP contribution in [0.3, 0.4) is 0 Å². The highest BCUT2D eigenvalue weighted by molar-refractivity contribution is 5.70. The van der Waals surface area contributed by atoms with Crippen molar-refractivity contribution < 1.29 is 9.90 Å². The van der Waals surface area contributed by atoms with Gasteiger partial charge >= 0.3 is 5.97 Å². The fourth-order valence-corrected chi connectivity index (χ4v) is 2.57. The van der Waals surface area contributed by atoms with E-state index in [1.165, 1.54) is 0 Å². The summed E-state index contributed by atoms with van der Waals surface area (Å²) >= 11 is 0. The van der Waals surface area contributed by atoms with Gasteiger partial charge in [-0.05, 0) is 31.4 Å². The maximum absolute atomic E-state index is 11.1. The molecule has 0 saturated heterocycles. The van der Waals surface area contributed by atoms with Gasteiger partial charge in [0.05, 0.1) is 12.5 Å². The van der Waals surface area contributed by atoms with Crippen LogP contribution in [0.2, 0.25) is 0 Å². The zero-order chi connectivity index (χ0) is 12.8. The molecule has 98 valence electrons. The molecular formula is C13H19N3O2. The third-order valence-electron chi connectivity index (χ3n) is 3.54. The van der Waals surface area contributed by atoms with Gasteiger partial charge in [-0.1, -0.05) is 12.8 Å². The third kappa shape index (κ3) is 3.50. The van der Waals surface area contributed by atoms with E-state index >= 15 is 0 Å². The number of carboxylic acid groups (broad SMARTS) is 1. The molecule has 1 aliphatic carbocycles. The Morgan fingerprint density at radius 1 is 1.33 bits per heavy atom. The molecule has 0 bridgehead atoms. The standard InChI is InChI=1S/C13H19N3O2/c17-13(18)11-5-2-1-4-10(11)8-14-9-12-15-6-3-7-16-12/h3,6-7,10-11,14H,1-2,4-5,8-9H2,(H,17,18). The molecule has 0 aromatic carbocycles. The lowest BCUT2D eigenvalue weighted by molar-refractivity contribution is -0.144. The van der Waals surface area contributed by atoms with Gasteiger partial charge in [0.1, 0.15) is 5.82 Å². The van der Waals surface area contributed by atoms with Crippen LogP contribution in [0.15, 0.2) is 18.5 Å². The zero-order valence-corrected chi connectivity index (χ0v) is 10.4. The normalized spacial score (nSPS) is 23.8. The van der Waals surface area contributed by atoms with Crippen molar-refractivity contribution in [2.75, 3.05) is 6.54 Å². The van der Waals surface area contributed by atoms with E-state index in [4.69, 9.17) is 0 Å². The fraction of sp³-hybridized carbons (Fsp3) is 0.615. The second-order valence-electron chi connectivity index (χ2n) is 4.79. The van der Waals surface area contributed by atoms with Gasteiger partial charge in [0.15, 0.2) is 0 Å². The number of carboxylic acids is 1. The Morgan fingerprint density at radius 3 is 2.78 bits per heavy atom. The van der Waals surface area contributed by atoms with E-state index in [9.17, 15) is 9.90 Å². The molecule has 1 aromatic rings. The van der Waals surface area contributed by atoms with Gasteiger partial charge in [-0.25, -0.2) is 9.97 Å². The van der Waals surface area contributed by atoms with E-state index in [-0.39, 0.29) is 11.8 Å². The summed E-state index contributed by atoms with van der Waals surface area (Å²) in [5.41, 5.74) is 0. The predicted octanol–water partition coefficient (Wildman–Crippen LogP) is 1.46. The molecule has 0 aliphatic heterocycles. The molecule has 1 heterocycles. The Labute approximate surface area is 107 Å². The van der Waals surface area contributed by atoms with Crippen LogP contribution in [0.5, 0.6) is 0 Å². The molecule has 18 heavy (non-hydrogen) atoms. The molecule has 0 spiro atoms. The lowest BCUT2D eigenvalue weighted by Crippen LogP contribution is -2.34. The molecule has 2 rings (SSSR count). The van der Waals surface area contributed by atoms with Gasteiger partial charge in [0.2, 0.25) is 0 Å². The van der Waals surface area contributed by atoms with Crippen molar-refractivity contribution in [2.24, 2.45) is 11.8 Å². The van der Waals surface area contributed by atoms with E-state index in [0.29, 0.717) is 6.54 Å². The molecule has 5 heteroatoms. The molecule has 1 aromatic heterocycles. The number of aliphatic carboxylic acids is 1. The Kier molecular flexibility index (Phi) is 4.64. The summed E-state index contributed by atoms with van der Waals surface area (Å²) in [5, 5.41) is 12.4. The molecule has 0 amide bonds. The van der Waals surface area contributed by atoms with Gasteiger partial charge in [-0.3, -0.25) is 4.79 Å². The van der Waals surface area contributed by atoms with Crippen molar-refractivity contribution in [3.05, 3.63) is 24.3 Å². The van der Waals surface area contributed by atoms with Crippen molar-refractivity contribution in [2.45, 2.75) is 32.2 Å². The van der Waals surface area contributed by atoms with E-state index in [2.05, 4.69) is 15.3 Å². The first kappa shape index (κ1) is 13.0. The summed E-state index contributed by atoms with van der Waals surface area (Å²) in [6.07, 6.45) is 7.41. The molecule has 1 saturated carbocycles. The van der Waals surface area contributed by atoms with Crippen LogP contribution in [-0.2, 0) is 11.3 Å². The highest BCUT2D eigenvalue weighted by Crippen LogP contribution is 2.29. The maximum Gasteiger partial charge on any atom is 0.306 e. The van der Waals surface area contributed by atoms with Crippen LogP contribution in [0.1, 0.15) is 31.5 Å². The quantitative estimate of drug-likeness (QED) is 0.826. The second kappa shape index (κ2) is 6.44. The molecule has 5 nitrogen and oxygen atoms in total. The Balaban J connectivity index is 1.79. The SMILES string of the molecule is O=C(O)C1CCCCC1CNCc1ncccn1. The number of rotatable bonds is 5. The average molecular weight is 249 g/mol. The fourth-order valence-electron chi connectivity index (χ4n) is 2.57. The van der Waals surface area contributed by atoms with E-state index < -0.39 is 5.97 Å². The van der Waals surface area contributed by atoms with Crippen LogP contribution in [0.4, 0.5) is 0 Å². The van der Waals surface area contributed by atoms with Crippen molar-refractivity contribution in [3.8, 4) is 0 Å². The van der Waals surface area contributed by atoms with Crippen LogP contribution in [0.25, 0.3) is 0 Å². The monoisotopic (exact) mass is 249 g/mol. The minimum absolute atomic E-state index is 0.192. The largest absolute Gasteiger partial charge is 0.481 e. The number of nitrogens with one attached hydrogen (secondary N) is 1. The average Bonchev–Trinajstić information content (AvgIpc) is 2.40. The van der Waals surface area contributed by atoms with Crippen molar-refractivity contribution in [1.29, 1.82) is 0 Å². The van der Waals surface area contributed by atoms with Crippen LogP contribution in [0, 0.1) is 11.8 Å². The molecule has 2 unspecified atom stereocenters. The molecule has 0 radical (unpaired) electrons.